The van der Waals surface area contributed by atoms with Gasteiger partial charge in [-0.1, -0.05) is 6.42 Å². The van der Waals surface area contributed by atoms with E-state index in [1.807, 2.05) is 12.4 Å². The van der Waals surface area contributed by atoms with Crippen LogP contribution < -0.4 is 10.2 Å². The van der Waals surface area contributed by atoms with Crippen molar-refractivity contribution in [2.24, 2.45) is 0 Å². The monoisotopic (exact) mass is 232 g/mol. The zero-order valence-corrected chi connectivity index (χ0v) is 10.4. The lowest BCUT2D eigenvalue weighted by molar-refractivity contribution is 0.417. The van der Waals surface area contributed by atoms with E-state index >= 15 is 0 Å². The van der Waals surface area contributed by atoms with Gasteiger partial charge in [0, 0.05) is 38.1 Å². The Balaban J connectivity index is 1.70. The van der Waals surface area contributed by atoms with Gasteiger partial charge in [-0.25, -0.2) is 9.97 Å². The van der Waals surface area contributed by atoms with Crippen LogP contribution in [-0.4, -0.2) is 35.6 Å². The van der Waals surface area contributed by atoms with E-state index in [9.17, 15) is 0 Å². The molecule has 0 amide bonds. The molecule has 1 N–H and O–H groups in total. The molecule has 3 rings (SSSR count). The third kappa shape index (κ3) is 2.27. The Hall–Kier alpha value is -1.16. The van der Waals surface area contributed by atoms with Crippen LogP contribution >= 0.6 is 0 Å². The van der Waals surface area contributed by atoms with Crippen molar-refractivity contribution in [3.05, 3.63) is 18.0 Å². The van der Waals surface area contributed by atoms with Gasteiger partial charge >= 0.3 is 0 Å². The topological polar surface area (TPSA) is 41.1 Å². The number of nitrogens with zero attached hydrogens (tertiary/aromatic N) is 3. The molecule has 4 heteroatoms. The van der Waals surface area contributed by atoms with Crippen molar-refractivity contribution in [2.75, 3.05) is 24.5 Å². The Morgan fingerprint density at radius 1 is 1.29 bits per heavy atom. The molecule has 17 heavy (non-hydrogen) atoms. The van der Waals surface area contributed by atoms with Crippen molar-refractivity contribution in [1.82, 2.24) is 15.3 Å². The predicted octanol–water partition coefficient (Wildman–Crippen LogP) is 1.54. The second-order valence-electron chi connectivity index (χ2n) is 5.25. The highest BCUT2D eigenvalue weighted by atomic mass is 15.3. The molecule has 0 spiro atoms. The fraction of sp³-hybridized carbons (Fsp3) is 0.692. The molecular formula is C13H20N4. The van der Waals surface area contributed by atoms with E-state index in [0.29, 0.717) is 6.04 Å². The molecule has 1 aromatic heterocycles. The van der Waals surface area contributed by atoms with E-state index in [0.717, 1.165) is 31.5 Å². The summed E-state index contributed by atoms with van der Waals surface area (Å²) in [5, 5.41) is 3.43. The summed E-state index contributed by atoms with van der Waals surface area (Å²) in [6, 6.07) is 0.527. The molecule has 0 aromatic carbocycles. The molecular weight excluding hydrogens is 212 g/mol. The first-order valence-electron chi connectivity index (χ1n) is 6.63. The minimum Gasteiger partial charge on any atom is -0.338 e. The molecule has 92 valence electrons. The van der Waals surface area contributed by atoms with Crippen LogP contribution in [0.25, 0.3) is 0 Å². The standard InChI is InChI=1S/C13H20N4/c1-10-9-17(6-5-14-10)13-15-7-12(8-16-13)11-3-2-4-11/h7-8,10-11,14H,2-6,9H2,1H3. The highest BCUT2D eigenvalue weighted by Crippen LogP contribution is 2.35. The zero-order chi connectivity index (χ0) is 11.7. The average Bonchev–Trinajstić information content (AvgIpc) is 2.28. The minimum atomic E-state index is 0.527. The Morgan fingerprint density at radius 3 is 2.65 bits per heavy atom. The van der Waals surface area contributed by atoms with Gasteiger partial charge in [0.05, 0.1) is 0 Å². The number of rotatable bonds is 2. The van der Waals surface area contributed by atoms with Crippen LogP contribution in [0.15, 0.2) is 12.4 Å². The molecule has 2 aliphatic rings. The Kier molecular flexibility index (Phi) is 2.97. The fourth-order valence-electron chi connectivity index (χ4n) is 2.56. The first-order chi connectivity index (χ1) is 8.33. The van der Waals surface area contributed by atoms with E-state index in [2.05, 4.69) is 27.1 Å². The van der Waals surface area contributed by atoms with Gasteiger partial charge < -0.3 is 10.2 Å². The maximum Gasteiger partial charge on any atom is 0.225 e. The summed E-state index contributed by atoms with van der Waals surface area (Å²) >= 11 is 0. The molecule has 1 aliphatic heterocycles. The maximum atomic E-state index is 4.53. The predicted molar refractivity (Wildman–Crippen MR) is 68.3 cm³/mol. The lowest BCUT2D eigenvalue weighted by Gasteiger charge is -2.32. The molecule has 1 saturated carbocycles. The second-order valence-corrected chi connectivity index (χ2v) is 5.25. The van der Waals surface area contributed by atoms with E-state index in [1.54, 1.807) is 0 Å². The summed E-state index contributed by atoms with van der Waals surface area (Å²) in [5.74, 6) is 1.62. The van der Waals surface area contributed by atoms with Crippen molar-refractivity contribution in [3.8, 4) is 0 Å². The van der Waals surface area contributed by atoms with E-state index in [4.69, 9.17) is 0 Å². The largest absolute Gasteiger partial charge is 0.338 e. The normalized spacial score (nSPS) is 25.7. The van der Waals surface area contributed by atoms with E-state index in [1.165, 1.54) is 24.8 Å². The summed E-state index contributed by atoms with van der Waals surface area (Å²) in [6.07, 6.45) is 8.04. The smallest absolute Gasteiger partial charge is 0.225 e. The van der Waals surface area contributed by atoms with Crippen molar-refractivity contribution >= 4 is 5.95 Å². The van der Waals surface area contributed by atoms with Crippen LogP contribution in [0.3, 0.4) is 0 Å². The number of anilines is 1. The van der Waals surface area contributed by atoms with Crippen LogP contribution in [-0.2, 0) is 0 Å². The van der Waals surface area contributed by atoms with Crippen LogP contribution in [0.4, 0.5) is 5.95 Å². The van der Waals surface area contributed by atoms with Gasteiger partial charge in [0.15, 0.2) is 0 Å². The van der Waals surface area contributed by atoms with Crippen LogP contribution in [0.1, 0.15) is 37.7 Å². The number of aromatic nitrogens is 2. The SMILES string of the molecule is CC1CN(c2ncc(C3CCC3)cn2)CCN1. The first-order valence-corrected chi connectivity index (χ1v) is 6.63. The molecule has 0 bridgehead atoms. The van der Waals surface area contributed by atoms with Crippen LogP contribution in [0.2, 0.25) is 0 Å². The average molecular weight is 232 g/mol. The molecule has 1 aliphatic carbocycles. The minimum absolute atomic E-state index is 0.527. The van der Waals surface area contributed by atoms with Crippen LogP contribution in [0.5, 0.6) is 0 Å². The van der Waals surface area contributed by atoms with Crippen molar-refractivity contribution in [2.45, 2.75) is 38.1 Å². The van der Waals surface area contributed by atoms with Crippen molar-refractivity contribution in [1.29, 1.82) is 0 Å². The molecule has 1 saturated heterocycles. The van der Waals surface area contributed by atoms with Gasteiger partial charge in [-0.2, -0.15) is 0 Å². The zero-order valence-electron chi connectivity index (χ0n) is 10.4. The summed E-state index contributed by atoms with van der Waals surface area (Å²) < 4.78 is 0. The van der Waals surface area contributed by atoms with Gasteiger partial charge in [0.1, 0.15) is 0 Å². The van der Waals surface area contributed by atoms with E-state index < -0.39 is 0 Å². The molecule has 1 aromatic rings. The maximum absolute atomic E-state index is 4.53. The van der Waals surface area contributed by atoms with Gasteiger partial charge in [-0.05, 0) is 31.2 Å². The second kappa shape index (κ2) is 4.61. The first kappa shape index (κ1) is 11.0. The molecule has 1 unspecified atom stereocenters. The van der Waals surface area contributed by atoms with Crippen molar-refractivity contribution < 1.29 is 0 Å². The Morgan fingerprint density at radius 2 is 2.06 bits per heavy atom. The van der Waals surface area contributed by atoms with E-state index in [-0.39, 0.29) is 0 Å². The Labute approximate surface area is 102 Å². The molecule has 4 nitrogen and oxygen atoms in total. The number of hydrogen-bond donors (Lipinski definition) is 1. The number of hydrogen-bond acceptors (Lipinski definition) is 4. The quantitative estimate of drug-likeness (QED) is 0.840. The molecule has 2 heterocycles. The number of piperazine rings is 1. The van der Waals surface area contributed by atoms with Gasteiger partial charge in [0.2, 0.25) is 5.95 Å². The third-order valence-corrected chi connectivity index (χ3v) is 3.89. The van der Waals surface area contributed by atoms with Gasteiger partial charge in [-0.15, -0.1) is 0 Å². The fourth-order valence-corrected chi connectivity index (χ4v) is 2.56. The molecule has 0 radical (unpaired) electrons. The summed E-state index contributed by atoms with van der Waals surface area (Å²) in [4.78, 5) is 11.3. The highest BCUT2D eigenvalue weighted by Gasteiger charge is 2.21. The third-order valence-electron chi connectivity index (χ3n) is 3.89. The van der Waals surface area contributed by atoms with Gasteiger partial charge in [-0.3, -0.25) is 0 Å². The van der Waals surface area contributed by atoms with Gasteiger partial charge in [0.25, 0.3) is 0 Å². The van der Waals surface area contributed by atoms with Crippen LogP contribution in [0, 0.1) is 0 Å². The lowest BCUT2D eigenvalue weighted by atomic mass is 9.81. The number of nitrogens with one attached hydrogen (secondary N) is 1. The molecule has 2 fully saturated rings. The Bertz CT molecular complexity index is 372. The summed E-state index contributed by atoms with van der Waals surface area (Å²) in [5.41, 5.74) is 1.32. The molecule has 1 atom stereocenters. The lowest BCUT2D eigenvalue weighted by Crippen LogP contribution is -2.49. The summed E-state index contributed by atoms with van der Waals surface area (Å²) in [7, 11) is 0. The van der Waals surface area contributed by atoms with Crippen molar-refractivity contribution in [3.63, 3.8) is 0 Å². The summed E-state index contributed by atoms with van der Waals surface area (Å²) in [6.45, 7) is 5.24. The highest BCUT2D eigenvalue weighted by molar-refractivity contribution is 5.32.